The highest BCUT2D eigenvalue weighted by atomic mass is 16.5. The Labute approximate surface area is 75.4 Å². The lowest BCUT2D eigenvalue weighted by atomic mass is 10.2. The van der Waals surface area contributed by atoms with Gasteiger partial charge < -0.3 is 9.84 Å². The van der Waals surface area contributed by atoms with E-state index in [2.05, 4.69) is 14.7 Å². The third-order valence-electron chi connectivity index (χ3n) is 1.53. The standard InChI is InChI=1S/C8H10N2O3/c1-13-8(12)4-7(11)6-2-3-9-5-10-6/h2-3,5,7,11H,4H2,1H3. The van der Waals surface area contributed by atoms with Crippen LogP contribution in [-0.4, -0.2) is 28.2 Å². The zero-order valence-corrected chi connectivity index (χ0v) is 7.17. The Morgan fingerprint density at radius 1 is 1.77 bits per heavy atom. The maximum absolute atomic E-state index is 10.8. The van der Waals surface area contributed by atoms with Crippen molar-refractivity contribution in [1.29, 1.82) is 0 Å². The number of carbonyl (C=O) groups excluding carboxylic acids is 1. The van der Waals surface area contributed by atoms with Crippen molar-refractivity contribution < 1.29 is 14.6 Å². The molecule has 1 N–H and O–H groups in total. The number of aromatic nitrogens is 2. The number of hydrogen-bond donors (Lipinski definition) is 1. The van der Waals surface area contributed by atoms with E-state index in [1.165, 1.54) is 19.6 Å². The molecule has 1 aromatic rings. The third kappa shape index (κ3) is 2.79. The molecule has 5 nitrogen and oxygen atoms in total. The first-order valence-corrected chi connectivity index (χ1v) is 3.75. The summed E-state index contributed by atoms with van der Waals surface area (Å²) in [5, 5.41) is 9.43. The first-order valence-electron chi connectivity index (χ1n) is 3.75. The zero-order chi connectivity index (χ0) is 9.68. The van der Waals surface area contributed by atoms with Crippen molar-refractivity contribution in [2.75, 3.05) is 7.11 Å². The van der Waals surface area contributed by atoms with E-state index in [1.54, 1.807) is 6.07 Å². The van der Waals surface area contributed by atoms with Gasteiger partial charge in [0, 0.05) is 6.20 Å². The van der Waals surface area contributed by atoms with Gasteiger partial charge in [0.1, 0.15) is 12.4 Å². The second kappa shape index (κ2) is 4.51. The van der Waals surface area contributed by atoms with Crippen molar-refractivity contribution >= 4 is 5.97 Å². The van der Waals surface area contributed by atoms with Crippen molar-refractivity contribution in [1.82, 2.24) is 9.97 Å². The molecule has 0 fully saturated rings. The van der Waals surface area contributed by atoms with Gasteiger partial charge in [0.05, 0.1) is 19.2 Å². The van der Waals surface area contributed by atoms with E-state index in [4.69, 9.17) is 0 Å². The van der Waals surface area contributed by atoms with E-state index >= 15 is 0 Å². The molecule has 0 amide bonds. The first-order chi connectivity index (χ1) is 6.24. The molecule has 0 saturated carbocycles. The van der Waals surface area contributed by atoms with E-state index in [9.17, 15) is 9.90 Å². The molecule has 5 heteroatoms. The average Bonchev–Trinajstić information content (AvgIpc) is 2.19. The number of ether oxygens (including phenoxy) is 1. The molecule has 70 valence electrons. The number of esters is 1. The molecular weight excluding hydrogens is 172 g/mol. The second-order valence-corrected chi connectivity index (χ2v) is 2.43. The summed E-state index contributed by atoms with van der Waals surface area (Å²) in [4.78, 5) is 18.3. The van der Waals surface area contributed by atoms with E-state index in [0.717, 1.165) is 0 Å². The molecule has 13 heavy (non-hydrogen) atoms. The fourth-order valence-electron chi connectivity index (χ4n) is 0.844. The summed E-state index contributed by atoms with van der Waals surface area (Å²) in [6, 6.07) is 1.55. The van der Waals surface area contributed by atoms with Crippen LogP contribution in [0.15, 0.2) is 18.6 Å². The summed E-state index contributed by atoms with van der Waals surface area (Å²) in [6.07, 6.45) is 1.81. The predicted octanol–water partition coefficient (Wildman–Crippen LogP) is 0.0731. The van der Waals surface area contributed by atoms with Gasteiger partial charge in [-0.15, -0.1) is 0 Å². The zero-order valence-electron chi connectivity index (χ0n) is 7.17. The molecule has 0 aliphatic carbocycles. The molecular formula is C8H10N2O3. The number of rotatable bonds is 3. The van der Waals surface area contributed by atoms with Gasteiger partial charge in [-0.3, -0.25) is 4.79 Å². The van der Waals surface area contributed by atoms with Gasteiger partial charge in [-0.05, 0) is 6.07 Å². The smallest absolute Gasteiger partial charge is 0.308 e. The van der Waals surface area contributed by atoms with Crippen molar-refractivity contribution in [3.05, 3.63) is 24.3 Å². The van der Waals surface area contributed by atoms with Crippen molar-refractivity contribution in [3.63, 3.8) is 0 Å². The molecule has 0 bridgehead atoms. The van der Waals surface area contributed by atoms with E-state index < -0.39 is 12.1 Å². The van der Waals surface area contributed by atoms with Gasteiger partial charge in [-0.1, -0.05) is 0 Å². The molecule has 0 aliphatic rings. The Morgan fingerprint density at radius 2 is 2.54 bits per heavy atom. The lowest BCUT2D eigenvalue weighted by molar-refractivity contribution is -0.142. The van der Waals surface area contributed by atoms with Gasteiger partial charge in [-0.25, -0.2) is 9.97 Å². The van der Waals surface area contributed by atoms with Crippen molar-refractivity contribution in [2.24, 2.45) is 0 Å². The van der Waals surface area contributed by atoms with Crippen LogP contribution in [0.1, 0.15) is 18.2 Å². The summed E-state index contributed by atoms with van der Waals surface area (Å²) >= 11 is 0. The van der Waals surface area contributed by atoms with Gasteiger partial charge in [0.2, 0.25) is 0 Å². The maximum atomic E-state index is 10.8. The highest BCUT2D eigenvalue weighted by molar-refractivity contribution is 5.69. The SMILES string of the molecule is COC(=O)CC(O)c1ccncn1. The quantitative estimate of drug-likeness (QED) is 0.670. The molecule has 1 rings (SSSR count). The Kier molecular flexibility index (Phi) is 3.33. The summed E-state index contributed by atoms with van der Waals surface area (Å²) < 4.78 is 4.40. The minimum Gasteiger partial charge on any atom is -0.469 e. The van der Waals surface area contributed by atoms with Crippen LogP contribution in [-0.2, 0) is 9.53 Å². The molecule has 1 heterocycles. The van der Waals surface area contributed by atoms with E-state index in [0.29, 0.717) is 5.69 Å². The number of methoxy groups -OCH3 is 1. The summed E-state index contributed by atoms with van der Waals surface area (Å²) in [5.41, 5.74) is 0.417. The third-order valence-corrected chi connectivity index (χ3v) is 1.53. The number of aliphatic hydroxyl groups excluding tert-OH is 1. The van der Waals surface area contributed by atoms with Crippen molar-refractivity contribution in [2.45, 2.75) is 12.5 Å². The van der Waals surface area contributed by atoms with Crippen molar-refractivity contribution in [3.8, 4) is 0 Å². The minimum atomic E-state index is -0.921. The Bertz CT molecular complexity index is 276. The maximum Gasteiger partial charge on any atom is 0.308 e. The fourth-order valence-corrected chi connectivity index (χ4v) is 0.844. The van der Waals surface area contributed by atoms with Crippen LogP contribution in [0.2, 0.25) is 0 Å². The minimum absolute atomic E-state index is 0.0898. The highest BCUT2D eigenvalue weighted by Crippen LogP contribution is 2.12. The lowest BCUT2D eigenvalue weighted by Crippen LogP contribution is -2.09. The molecule has 0 spiro atoms. The van der Waals surface area contributed by atoms with Crippen LogP contribution in [0.5, 0.6) is 0 Å². The monoisotopic (exact) mass is 182 g/mol. The van der Waals surface area contributed by atoms with Gasteiger partial charge in [-0.2, -0.15) is 0 Å². The molecule has 1 unspecified atom stereocenters. The number of hydrogen-bond acceptors (Lipinski definition) is 5. The highest BCUT2D eigenvalue weighted by Gasteiger charge is 2.13. The molecule has 1 aromatic heterocycles. The van der Waals surface area contributed by atoms with Crippen LogP contribution >= 0.6 is 0 Å². The number of carbonyl (C=O) groups is 1. The summed E-state index contributed by atoms with van der Waals surface area (Å²) in [6.45, 7) is 0. The lowest BCUT2D eigenvalue weighted by Gasteiger charge is -2.06. The molecule has 1 atom stereocenters. The molecule has 0 aromatic carbocycles. The summed E-state index contributed by atoms with van der Waals surface area (Å²) in [7, 11) is 1.27. The van der Waals surface area contributed by atoms with E-state index in [1.807, 2.05) is 0 Å². The summed E-state index contributed by atoms with van der Waals surface area (Å²) in [5.74, 6) is -0.467. The van der Waals surface area contributed by atoms with Gasteiger partial charge >= 0.3 is 5.97 Å². The molecule has 0 radical (unpaired) electrons. The van der Waals surface area contributed by atoms with Crippen LogP contribution in [0, 0.1) is 0 Å². The van der Waals surface area contributed by atoms with Gasteiger partial charge in [0.25, 0.3) is 0 Å². The second-order valence-electron chi connectivity index (χ2n) is 2.43. The average molecular weight is 182 g/mol. The van der Waals surface area contributed by atoms with E-state index in [-0.39, 0.29) is 6.42 Å². The Hall–Kier alpha value is -1.49. The molecule has 0 aliphatic heterocycles. The van der Waals surface area contributed by atoms with Crippen LogP contribution in [0.3, 0.4) is 0 Å². The largest absolute Gasteiger partial charge is 0.469 e. The fraction of sp³-hybridized carbons (Fsp3) is 0.375. The van der Waals surface area contributed by atoms with Gasteiger partial charge in [0.15, 0.2) is 0 Å². The topological polar surface area (TPSA) is 72.3 Å². The number of aliphatic hydroxyl groups is 1. The molecule has 0 saturated heterocycles. The number of nitrogens with zero attached hydrogens (tertiary/aromatic N) is 2. The Balaban J connectivity index is 2.59. The van der Waals surface area contributed by atoms with Crippen LogP contribution in [0.25, 0.3) is 0 Å². The normalized spacial score (nSPS) is 12.2. The van der Waals surface area contributed by atoms with Crippen LogP contribution < -0.4 is 0 Å². The first kappa shape index (κ1) is 9.60. The predicted molar refractivity (Wildman–Crippen MR) is 43.6 cm³/mol. The Morgan fingerprint density at radius 3 is 3.08 bits per heavy atom. The van der Waals surface area contributed by atoms with Crippen LogP contribution in [0.4, 0.5) is 0 Å².